The lowest BCUT2D eigenvalue weighted by molar-refractivity contribution is 0.0951. The van der Waals surface area contributed by atoms with Crippen molar-refractivity contribution in [2.45, 2.75) is 20.3 Å². The molecule has 4 nitrogen and oxygen atoms in total. The first kappa shape index (κ1) is 16.0. The summed E-state index contributed by atoms with van der Waals surface area (Å²) in [7, 11) is 1.63. The van der Waals surface area contributed by atoms with E-state index in [4.69, 9.17) is 4.74 Å². The molecule has 0 saturated heterocycles. The molecule has 0 unspecified atom stereocenters. The van der Waals surface area contributed by atoms with E-state index in [-0.39, 0.29) is 5.91 Å². The van der Waals surface area contributed by atoms with Crippen LogP contribution in [0.2, 0.25) is 0 Å². The fourth-order valence-electron chi connectivity index (χ4n) is 2.10. The van der Waals surface area contributed by atoms with E-state index in [9.17, 15) is 4.79 Å². The Balaban J connectivity index is 2.13. The highest BCUT2D eigenvalue weighted by Crippen LogP contribution is 2.23. The van der Waals surface area contributed by atoms with Gasteiger partial charge in [0.2, 0.25) is 0 Å². The number of benzene rings is 1. The zero-order chi connectivity index (χ0) is 15.9. The summed E-state index contributed by atoms with van der Waals surface area (Å²) in [5.74, 6) is 1.27. The maximum atomic E-state index is 12.2. The zero-order valence-corrected chi connectivity index (χ0v) is 13.3. The second-order valence-corrected chi connectivity index (χ2v) is 5.63. The van der Waals surface area contributed by atoms with Crippen molar-refractivity contribution in [2.75, 3.05) is 13.7 Å². The van der Waals surface area contributed by atoms with Gasteiger partial charge >= 0.3 is 0 Å². The molecule has 1 N–H and O–H groups in total. The van der Waals surface area contributed by atoms with E-state index in [0.29, 0.717) is 18.0 Å². The number of methoxy groups -OCH3 is 1. The van der Waals surface area contributed by atoms with Crippen LogP contribution in [0.4, 0.5) is 0 Å². The number of pyridine rings is 1. The Labute approximate surface area is 131 Å². The Morgan fingerprint density at radius 3 is 2.77 bits per heavy atom. The van der Waals surface area contributed by atoms with Crippen molar-refractivity contribution in [2.24, 2.45) is 5.92 Å². The van der Waals surface area contributed by atoms with Crippen LogP contribution in [0.5, 0.6) is 5.75 Å². The molecule has 0 saturated carbocycles. The maximum absolute atomic E-state index is 12.2. The van der Waals surface area contributed by atoms with Crippen LogP contribution >= 0.6 is 0 Å². The maximum Gasteiger partial charge on any atom is 0.252 e. The van der Waals surface area contributed by atoms with E-state index in [0.717, 1.165) is 23.3 Å². The minimum atomic E-state index is -0.0853. The highest BCUT2D eigenvalue weighted by Gasteiger charge is 2.08. The number of rotatable bonds is 6. The van der Waals surface area contributed by atoms with Gasteiger partial charge in [0, 0.05) is 24.5 Å². The third-order valence-corrected chi connectivity index (χ3v) is 3.41. The van der Waals surface area contributed by atoms with Crippen molar-refractivity contribution < 1.29 is 9.53 Å². The quantitative estimate of drug-likeness (QED) is 0.887. The number of hydrogen-bond donors (Lipinski definition) is 1. The van der Waals surface area contributed by atoms with Crippen LogP contribution in [0, 0.1) is 5.92 Å². The molecule has 1 heterocycles. The molecule has 0 spiro atoms. The molecule has 0 radical (unpaired) electrons. The van der Waals surface area contributed by atoms with E-state index in [1.54, 1.807) is 19.5 Å². The van der Waals surface area contributed by atoms with Gasteiger partial charge in [0.15, 0.2) is 0 Å². The second kappa shape index (κ2) is 7.59. The van der Waals surface area contributed by atoms with Gasteiger partial charge in [-0.1, -0.05) is 26.0 Å². The van der Waals surface area contributed by atoms with Crippen molar-refractivity contribution in [3.05, 3.63) is 48.3 Å². The summed E-state index contributed by atoms with van der Waals surface area (Å²) in [4.78, 5) is 16.3. The summed E-state index contributed by atoms with van der Waals surface area (Å²) >= 11 is 0. The Hall–Kier alpha value is -2.36. The van der Waals surface area contributed by atoms with Crippen molar-refractivity contribution in [3.63, 3.8) is 0 Å². The number of carbonyl (C=O) groups is 1. The highest BCUT2D eigenvalue weighted by molar-refractivity contribution is 5.95. The third kappa shape index (κ3) is 4.32. The summed E-state index contributed by atoms with van der Waals surface area (Å²) < 4.78 is 5.23. The molecule has 4 heteroatoms. The molecule has 1 aromatic heterocycles. The molecule has 116 valence electrons. The summed E-state index contributed by atoms with van der Waals surface area (Å²) in [6.45, 7) is 4.95. The van der Waals surface area contributed by atoms with Crippen molar-refractivity contribution in [3.8, 4) is 16.9 Å². The van der Waals surface area contributed by atoms with Gasteiger partial charge in [-0.25, -0.2) is 0 Å². The zero-order valence-electron chi connectivity index (χ0n) is 13.3. The normalized spacial score (nSPS) is 10.5. The Bertz CT molecular complexity index is 638. The minimum Gasteiger partial charge on any atom is -0.497 e. The smallest absolute Gasteiger partial charge is 0.252 e. The Morgan fingerprint density at radius 2 is 2.05 bits per heavy atom. The van der Waals surface area contributed by atoms with Gasteiger partial charge in [0.25, 0.3) is 5.91 Å². The van der Waals surface area contributed by atoms with Crippen molar-refractivity contribution in [1.29, 1.82) is 0 Å². The minimum absolute atomic E-state index is 0.0853. The van der Waals surface area contributed by atoms with Gasteiger partial charge in [-0.05, 0) is 36.1 Å². The van der Waals surface area contributed by atoms with Crippen LogP contribution in [0.1, 0.15) is 30.6 Å². The average Bonchev–Trinajstić information content (AvgIpc) is 2.54. The SMILES string of the molecule is COc1cccc(-c2cncc(C(=O)NCCC(C)C)c2)c1. The molecule has 1 amide bonds. The van der Waals surface area contributed by atoms with Crippen LogP contribution in [0.15, 0.2) is 42.7 Å². The number of ether oxygens (including phenoxy) is 1. The largest absolute Gasteiger partial charge is 0.497 e. The number of aromatic nitrogens is 1. The molecular weight excluding hydrogens is 276 g/mol. The van der Waals surface area contributed by atoms with Gasteiger partial charge in [-0.15, -0.1) is 0 Å². The number of nitrogens with one attached hydrogen (secondary N) is 1. The molecule has 1 aromatic carbocycles. The standard InChI is InChI=1S/C18H22N2O2/c1-13(2)7-8-20-18(21)16-9-15(11-19-12-16)14-5-4-6-17(10-14)22-3/h4-6,9-13H,7-8H2,1-3H3,(H,20,21). The molecule has 0 aliphatic heterocycles. The topological polar surface area (TPSA) is 51.2 Å². The third-order valence-electron chi connectivity index (χ3n) is 3.41. The summed E-state index contributed by atoms with van der Waals surface area (Å²) in [6.07, 6.45) is 4.31. The van der Waals surface area contributed by atoms with Crippen LogP contribution in [-0.2, 0) is 0 Å². The molecule has 2 aromatic rings. The van der Waals surface area contributed by atoms with Crippen molar-refractivity contribution >= 4 is 5.91 Å². The monoisotopic (exact) mass is 298 g/mol. The lowest BCUT2D eigenvalue weighted by Gasteiger charge is -2.09. The van der Waals surface area contributed by atoms with E-state index >= 15 is 0 Å². The highest BCUT2D eigenvalue weighted by atomic mass is 16.5. The van der Waals surface area contributed by atoms with Gasteiger partial charge in [0.05, 0.1) is 12.7 Å². The molecule has 0 aliphatic carbocycles. The van der Waals surface area contributed by atoms with Crippen molar-refractivity contribution in [1.82, 2.24) is 10.3 Å². The van der Waals surface area contributed by atoms with E-state index in [1.165, 1.54) is 0 Å². The predicted octanol–water partition coefficient (Wildman–Crippen LogP) is 3.53. The van der Waals surface area contributed by atoms with Crippen LogP contribution in [-0.4, -0.2) is 24.5 Å². The number of amides is 1. The number of carbonyl (C=O) groups excluding carboxylic acids is 1. The summed E-state index contributed by atoms with van der Waals surface area (Å²) in [6, 6.07) is 9.56. The first-order chi connectivity index (χ1) is 10.6. The lowest BCUT2D eigenvalue weighted by atomic mass is 10.1. The fourth-order valence-corrected chi connectivity index (χ4v) is 2.10. The molecule has 0 fully saturated rings. The van der Waals surface area contributed by atoms with Gasteiger partial charge in [-0.3, -0.25) is 9.78 Å². The summed E-state index contributed by atoms with van der Waals surface area (Å²) in [5.41, 5.74) is 2.45. The molecule has 2 rings (SSSR count). The number of hydrogen-bond acceptors (Lipinski definition) is 3. The average molecular weight is 298 g/mol. The van der Waals surface area contributed by atoms with Gasteiger partial charge < -0.3 is 10.1 Å². The summed E-state index contributed by atoms with van der Waals surface area (Å²) in [5, 5.41) is 2.93. The Morgan fingerprint density at radius 1 is 1.23 bits per heavy atom. The molecular formula is C18H22N2O2. The van der Waals surface area contributed by atoms with Crippen LogP contribution in [0.3, 0.4) is 0 Å². The first-order valence-corrected chi connectivity index (χ1v) is 7.48. The van der Waals surface area contributed by atoms with E-state index < -0.39 is 0 Å². The predicted molar refractivity (Wildman–Crippen MR) is 88.0 cm³/mol. The molecule has 0 atom stereocenters. The molecule has 0 aliphatic rings. The number of nitrogens with zero attached hydrogens (tertiary/aromatic N) is 1. The lowest BCUT2D eigenvalue weighted by Crippen LogP contribution is -2.25. The first-order valence-electron chi connectivity index (χ1n) is 7.48. The second-order valence-electron chi connectivity index (χ2n) is 5.63. The van der Waals surface area contributed by atoms with E-state index in [1.807, 2.05) is 30.3 Å². The van der Waals surface area contributed by atoms with Gasteiger partial charge in [0.1, 0.15) is 5.75 Å². The molecule has 22 heavy (non-hydrogen) atoms. The Kier molecular flexibility index (Phi) is 5.53. The van der Waals surface area contributed by atoms with Crippen LogP contribution < -0.4 is 10.1 Å². The van der Waals surface area contributed by atoms with E-state index in [2.05, 4.69) is 24.1 Å². The van der Waals surface area contributed by atoms with Gasteiger partial charge in [-0.2, -0.15) is 0 Å². The molecule has 0 bridgehead atoms. The van der Waals surface area contributed by atoms with Crippen LogP contribution in [0.25, 0.3) is 11.1 Å². The fraction of sp³-hybridized carbons (Fsp3) is 0.333.